The average molecular weight is 550 g/mol. The molecule has 3 aromatic rings. The fraction of sp³-hybridized carbons (Fsp3) is 0.323. The first-order chi connectivity index (χ1) is 18.2. The topological polar surface area (TPSA) is 62.5 Å². The summed E-state index contributed by atoms with van der Waals surface area (Å²) in [6.45, 7) is 11.6. The van der Waals surface area contributed by atoms with Crippen LogP contribution in [0, 0.1) is 11.3 Å². The van der Waals surface area contributed by atoms with Crippen molar-refractivity contribution in [2.45, 2.75) is 31.9 Å². The molecule has 0 saturated carbocycles. The Balaban J connectivity index is 1.55. The molecule has 7 heteroatoms. The van der Waals surface area contributed by atoms with Crippen molar-refractivity contribution >= 4 is 34.6 Å². The summed E-state index contributed by atoms with van der Waals surface area (Å²) in [6, 6.07) is 23.5. The highest BCUT2D eigenvalue weighted by atomic mass is 35.5. The lowest BCUT2D eigenvalue weighted by Gasteiger charge is -2.45. The molecule has 0 aromatic heterocycles. The van der Waals surface area contributed by atoms with E-state index in [-0.39, 0.29) is 6.04 Å². The molecule has 0 spiro atoms. The van der Waals surface area contributed by atoms with Crippen molar-refractivity contribution in [2.24, 2.45) is 0 Å². The van der Waals surface area contributed by atoms with Gasteiger partial charge in [0.05, 0.1) is 22.9 Å². The van der Waals surface area contributed by atoms with Crippen molar-refractivity contribution in [1.29, 1.82) is 5.26 Å². The first-order valence-electron chi connectivity index (χ1n) is 12.9. The largest absolute Gasteiger partial charge is 0.385 e. The van der Waals surface area contributed by atoms with Gasteiger partial charge in [0.25, 0.3) is 0 Å². The number of nitrogens with one attached hydrogen (secondary N) is 1. The molecule has 1 aliphatic rings. The number of hydrogen-bond donors (Lipinski definition) is 2. The molecule has 5 nitrogen and oxygen atoms in total. The van der Waals surface area contributed by atoms with Crippen LogP contribution in [0.1, 0.15) is 48.6 Å². The van der Waals surface area contributed by atoms with Gasteiger partial charge in [-0.25, -0.2) is 0 Å². The van der Waals surface area contributed by atoms with Crippen molar-refractivity contribution in [1.82, 2.24) is 10.2 Å². The predicted octanol–water partition coefficient (Wildman–Crippen LogP) is 6.61. The second-order valence-electron chi connectivity index (χ2n) is 10.0. The van der Waals surface area contributed by atoms with Crippen LogP contribution >= 0.6 is 23.2 Å². The second-order valence-corrected chi connectivity index (χ2v) is 10.9. The van der Waals surface area contributed by atoms with Gasteiger partial charge >= 0.3 is 0 Å². The highest BCUT2D eigenvalue weighted by molar-refractivity contribution is 6.31. The maximum atomic E-state index is 11.5. The molecule has 0 radical (unpaired) electrons. The fourth-order valence-electron chi connectivity index (χ4n) is 5.03. The Kier molecular flexibility index (Phi) is 9.02. The van der Waals surface area contributed by atoms with E-state index in [0.717, 1.165) is 47.6 Å². The standard InChI is InChI=1S/C31H34Cl2N4O/c1-4-15-35-22(2)23-5-9-26(10-6-23)31(3,38)21-36-16-17-37(29-14-13-28(33)18-25(29)19-34)30(20-36)24-7-11-27(32)12-8-24/h5-14,18,30,35,38H,2,4,15-17,20-21H2,1,3H3/t30-,31+/m0/s1. The van der Waals surface area contributed by atoms with Crippen LogP contribution < -0.4 is 10.2 Å². The Labute approximate surface area is 235 Å². The molecule has 0 aliphatic carbocycles. The Morgan fingerprint density at radius 2 is 1.76 bits per heavy atom. The summed E-state index contributed by atoms with van der Waals surface area (Å²) in [4.78, 5) is 4.54. The van der Waals surface area contributed by atoms with E-state index in [4.69, 9.17) is 23.2 Å². The first kappa shape index (κ1) is 28.0. The lowest BCUT2D eigenvalue weighted by atomic mass is 9.92. The summed E-state index contributed by atoms with van der Waals surface area (Å²) in [5.74, 6) is 0. The van der Waals surface area contributed by atoms with Gasteiger partial charge < -0.3 is 15.3 Å². The van der Waals surface area contributed by atoms with Crippen molar-refractivity contribution in [2.75, 3.05) is 37.6 Å². The molecule has 1 fully saturated rings. The molecule has 0 unspecified atom stereocenters. The van der Waals surface area contributed by atoms with Crippen LogP contribution in [0.3, 0.4) is 0 Å². The van der Waals surface area contributed by atoms with Crippen molar-refractivity contribution in [3.8, 4) is 6.07 Å². The molecule has 38 heavy (non-hydrogen) atoms. The molecule has 1 aliphatic heterocycles. The molecule has 0 amide bonds. The summed E-state index contributed by atoms with van der Waals surface area (Å²) in [7, 11) is 0. The summed E-state index contributed by atoms with van der Waals surface area (Å²) in [5, 5.41) is 25.9. The molecule has 4 rings (SSSR count). The number of aliphatic hydroxyl groups is 1. The molecule has 0 bridgehead atoms. The van der Waals surface area contributed by atoms with Gasteiger partial charge in [-0.3, -0.25) is 4.90 Å². The van der Waals surface area contributed by atoms with Gasteiger partial charge in [0.1, 0.15) is 6.07 Å². The van der Waals surface area contributed by atoms with Crippen LogP contribution in [0.2, 0.25) is 10.0 Å². The summed E-state index contributed by atoms with van der Waals surface area (Å²) < 4.78 is 0. The average Bonchev–Trinajstić information content (AvgIpc) is 2.92. The second kappa shape index (κ2) is 12.2. The van der Waals surface area contributed by atoms with Crippen molar-refractivity contribution in [3.05, 3.63) is 106 Å². The zero-order chi connectivity index (χ0) is 27.3. The summed E-state index contributed by atoms with van der Waals surface area (Å²) in [5.41, 5.74) is 4.23. The number of nitrogens with zero attached hydrogens (tertiary/aromatic N) is 3. The minimum Gasteiger partial charge on any atom is -0.385 e. The zero-order valence-electron chi connectivity index (χ0n) is 21.9. The first-order valence-corrected chi connectivity index (χ1v) is 13.7. The van der Waals surface area contributed by atoms with E-state index >= 15 is 0 Å². The maximum absolute atomic E-state index is 11.5. The van der Waals surface area contributed by atoms with Crippen molar-refractivity contribution < 1.29 is 5.11 Å². The molecule has 1 heterocycles. The molecule has 3 aromatic carbocycles. The van der Waals surface area contributed by atoms with Gasteiger partial charge in [-0.15, -0.1) is 0 Å². The highest BCUT2D eigenvalue weighted by Gasteiger charge is 2.34. The van der Waals surface area contributed by atoms with Crippen LogP contribution in [0.4, 0.5) is 5.69 Å². The van der Waals surface area contributed by atoms with E-state index in [1.807, 2.05) is 67.6 Å². The number of nitriles is 1. The third-order valence-electron chi connectivity index (χ3n) is 7.08. The van der Waals surface area contributed by atoms with Gasteiger partial charge in [-0.2, -0.15) is 5.26 Å². The molecule has 198 valence electrons. The van der Waals surface area contributed by atoms with Gasteiger partial charge in [0, 0.05) is 48.5 Å². The highest BCUT2D eigenvalue weighted by Crippen LogP contribution is 2.35. The van der Waals surface area contributed by atoms with Crippen LogP contribution in [0.25, 0.3) is 5.70 Å². The molecular weight excluding hydrogens is 515 g/mol. The Bertz CT molecular complexity index is 1300. The van der Waals surface area contributed by atoms with Crippen LogP contribution in [0.5, 0.6) is 0 Å². The van der Waals surface area contributed by atoms with E-state index in [1.165, 1.54) is 0 Å². The quantitative estimate of drug-likeness (QED) is 0.315. The smallest absolute Gasteiger partial charge is 0.101 e. The van der Waals surface area contributed by atoms with Crippen LogP contribution in [0.15, 0.2) is 73.3 Å². The van der Waals surface area contributed by atoms with Crippen LogP contribution in [-0.4, -0.2) is 42.7 Å². The lowest BCUT2D eigenvalue weighted by molar-refractivity contribution is 0.0103. The number of piperazine rings is 1. The minimum absolute atomic E-state index is 0.0274. The van der Waals surface area contributed by atoms with Gasteiger partial charge in [0.2, 0.25) is 0 Å². The Morgan fingerprint density at radius 3 is 2.42 bits per heavy atom. The number of halogens is 2. The van der Waals surface area contributed by atoms with Crippen LogP contribution in [-0.2, 0) is 5.60 Å². The monoisotopic (exact) mass is 548 g/mol. The van der Waals surface area contributed by atoms with E-state index in [2.05, 4.69) is 34.7 Å². The normalized spacial score (nSPS) is 17.5. The molecule has 2 N–H and O–H groups in total. The summed E-state index contributed by atoms with van der Waals surface area (Å²) >= 11 is 12.4. The van der Waals surface area contributed by atoms with Gasteiger partial charge in [-0.1, -0.05) is 73.1 Å². The molecule has 1 saturated heterocycles. The lowest BCUT2D eigenvalue weighted by Crippen LogP contribution is -2.52. The number of β-amino-alcohol motifs (C(OH)–C–C–N with tert-alkyl or cyclic N) is 1. The fourth-order valence-corrected chi connectivity index (χ4v) is 5.32. The third kappa shape index (κ3) is 6.51. The Hall–Kier alpha value is -3.01. The predicted molar refractivity (Wildman–Crippen MR) is 157 cm³/mol. The number of hydrogen-bond acceptors (Lipinski definition) is 5. The van der Waals surface area contributed by atoms with E-state index in [1.54, 1.807) is 6.07 Å². The van der Waals surface area contributed by atoms with Crippen molar-refractivity contribution in [3.63, 3.8) is 0 Å². The van der Waals surface area contributed by atoms with E-state index < -0.39 is 5.60 Å². The number of rotatable bonds is 9. The summed E-state index contributed by atoms with van der Waals surface area (Å²) in [6.07, 6.45) is 1.03. The SMILES string of the molecule is C=C(NCCC)c1ccc([C@](C)(O)CN2CCN(c3ccc(Cl)cc3C#N)[C@H](c3ccc(Cl)cc3)C2)cc1. The number of anilines is 1. The molecular formula is C31H34Cl2N4O. The van der Waals surface area contributed by atoms with Gasteiger partial charge in [-0.05, 0) is 60.4 Å². The Morgan fingerprint density at radius 1 is 1.08 bits per heavy atom. The van der Waals surface area contributed by atoms with Gasteiger partial charge in [0.15, 0.2) is 0 Å². The maximum Gasteiger partial charge on any atom is 0.101 e. The third-order valence-corrected chi connectivity index (χ3v) is 7.57. The number of benzene rings is 3. The zero-order valence-corrected chi connectivity index (χ0v) is 23.4. The minimum atomic E-state index is -1.04. The van der Waals surface area contributed by atoms with E-state index in [9.17, 15) is 10.4 Å². The van der Waals surface area contributed by atoms with E-state index in [0.29, 0.717) is 35.2 Å². The molecule has 2 atom stereocenters.